The van der Waals surface area contributed by atoms with Crippen molar-refractivity contribution in [1.29, 1.82) is 0 Å². The molecule has 0 spiro atoms. The van der Waals surface area contributed by atoms with Crippen molar-refractivity contribution in [3.8, 4) is 5.75 Å². The van der Waals surface area contributed by atoms with Gasteiger partial charge in [0.15, 0.2) is 0 Å². The molecule has 7 nitrogen and oxygen atoms in total. The van der Waals surface area contributed by atoms with Crippen LogP contribution in [0, 0.1) is 5.92 Å². The van der Waals surface area contributed by atoms with E-state index < -0.39 is 12.0 Å². The third-order valence-electron chi connectivity index (χ3n) is 5.89. The van der Waals surface area contributed by atoms with E-state index in [0.29, 0.717) is 43.9 Å². The van der Waals surface area contributed by atoms with Gasteiger partial charge in [-0.2, -0.15) is 0 Å². The van der Waals surface area contributed by atoms with E-state index in [9.17, 15) is 14.7 Å². The van der Waals surface area contributed by atoms with Crippen molar-refractivity contribution in [3.63, 3.8) is 0 Å². The number of piperidine rings is 1. The van der Waals surface area contributed by atoms with Crippen LogP contribution in [-0.2, 0) is 20.9 Å². The molecule has 2 aromatic carbocycles. The number of aromatic amines is 1. The minimum atomic E-state index is -0.909. The van der Waals surface area contributed by atoms with Crippen LogP contribution in [0.4, 0.5) is 0 Å². The fourth-order valence-corrected chi connectivity index (χ4v) is 4.22. The summed E-state index contributed by atoms with van der Waals surface area (Å²) < 4.78 is 10.8. The number of ether oxygens (including phenoxy) is 2. The standard InChI is InChI=1S/C24H26N2O5/c1-30-24(29)17-9-11-26(12-10-17)22(23(27)28)20-14-25-21-8-7-18(13-19(20)21)31-15-16-5-3-2-4-6-16/h2-8,13-14,17,22,25H,9-12,15H2,1H3,(H,27,28)/t22-/m1/s1. The van der Waals surface area contributed by atoms with Crippen molar-refractivity contribution in [2.24, 2.45) is 5.92 Å². The zero-order chi connectivity index (χ0) is 21.8. The molecule has 1 saturated heterocycles. The molecule has 0 saturated carbocycles. The van der Waals surface area contributed by atoms with Gasteiger partial charge in [0, 0.05) is 35.8 Å². The first-order chi connectivity index (χ1) is 15.1. The predicted molar refractivity (Wildman–Crippen MR) is 116 cm³/mol. The van der Waals surface area contributed by atoms with Gasteiger partial charge in [0.1, 0.15) is 18.4 Å². The first kappa shape index (κ1) is 20.9. The van der Waals surface area contributed by atoms with Crippen LogP contribution in [0.5, 0.6) is 5.75 Å². The second-order valence-electron chi connectivity index (χ2n) is 7.80. The summed E-state index contributed by atoms with van der Waals surface area (Å²) in [4.78, 5) is 29.1. The summed E-state index contributed by atoms with van der Waals surface area (Å²) in [7, 11) is 1.39. The molecule has 2 N–H and O–H groups in total. The van der Waals surface area contributed by atoms with Gasteiger partial charge in [0.25, 0.3) is 0 Å². The number of H-pyrrole nitrogens is 1. The van der Waals surface area contributed by atoms with Crippen LogP contribution in [0.3, 0.4) is 0 Å². The Hall–Kier alpha value is -3.32. The van der Waals surface area contributed by atoms with E-state index in [0.717, 1.165) is 16.5 Å². The number of carbonyl (C=O) groups is 2. The topological polar surface area (TPSA) is 91.9 Å². The van der Waals surface area contributed by atoms with Gasteiger partial charge in [-0.05, 0) is 36.6 Å². The highest BCUT2D eigenvalue weighted by molar-refractivity contribution is 5.90. The minimum absolute atomic E-state index is 0.170. The number of rotatable bonds is 7. The maximum absolute atomic E-state index is 12.2. The SMILES string of the molecule is COC(=O)C1CCN([C@@H](C(=O)O)c2c[nH]c3ccc(OCc4ccccc4)cc23)CC1. The van der Waals surface area contributed by atoms with Crippen molar-refractivity contribution >= 4 is 22.8 Å². The van der Waals surface area contributed by atoms with Gasteiger partial charge in [-0.25, -0.2) is 0 Å². The fraction of sp³-hybridized carbons (Fsp3) is 0.333. The normalized spacial score (nSPS) is 16.2. The van der Waals surface area contributed by atoms with Gasteiger partial charge >= 0.3 is 11.9 Å². The predicted octanol–water partition coefficient (Wildman–Crippen LogP) is 3.76. The van der Waals surface area contributed by atoms with Crippen LogP contribution in [0.2, 0.25) is 0 Å². The Morgan fingerprint density at radius 2 is 1.90 bits per heavy atom. The number of carbonyl (C=O) groups excluding carboxylic acids is 1. The molecule has 0 unspecified atom stereocenters. The molecule has 0 bridgehead atoms. The van der Waals surface area contributed by atoms with Crippen LogP contribution in [0.1, 0.15) is 30.0 Å². The maximum Gasteiger partial charge on any atom is 0.325 e. The molecule has 1 aliphatic heterocycles. The average Bonchev–Trinajstić information content (AvgIpc) is 3.21. The number of likely N-dealkylation sites (tertiary alicyclic amines) is 1. The second-order valence-corrected chi connectivity index (χ2v) is 7.80. The van der Waals surface area contributed by atoms with E-state index in [2.05, 4.69) is 4.98 Å². The zero-order valence-corrected chi connectivity index (χ0v) is 17.4. The number of nitrogens with one attached hydrogen (secondary N) is 1. The molecule has 0 aliphatic carbocycles. The second kappa shape index (κ2) is 9.22. The third-order valence-corrected chi connectivity index (χ3v) is 5.89. The first-order valence-electron chi connectivity index (χ1n) is 10.4. The number of esters is 1. The van der Waals surface area contributed by atoms with Crippen LogP contribution in [0.25, 0.3) is 10.9 Å². The molecule has 1 aromatic heterocycles. The summed E-state index contributed by atoms with van der Waals surface area (Å²) in [5, 5.41) is 10.8. The smallest absolute Gasteiger partial charge is 0.325 e. The lowest BCUT2D eigenvalue weighted by Crippen LogP contribution is -2.41. The quantitative estimate of drug-likeness (QED) is 0.564. The van der Waals surface area contributed by atoms with E-state index in [4.69, 9.17) is 9.47 Å². The number of hydrogen-bond donors (Lipinski definition) is 2. The van der Waals surface area contributed by atoms with Crippen LogP contribution < -0.4 is 4.74 Å². The van der Waals surface area contributed by atoms with Crippen molar-refractivity contribution in [1.82, 2.24) is 9.88 Å². The van der Waals surface area contributed by atoms with Crippen molar-refractivity contribution in [2.45, 2.75) is 25.5 Å². The first-order valence-corrected chi connectivity index (χ1v) is 10.4. The number of benzene rings is 2. The van der Waals surface area contributed by atoms with Crippen LogP contribution in [0.15, 0.2) is 54.7 Å². The van der Waals surface area contributed by atoms with Crippen molar-refractivity contribution < 1.29 is 24.2 Å². The molecule has 1 aliphatic rings. The highest BCUT2D eigenvalue weighted by Crippen LogP contribution is 2.34. The Morgan fingerprint density at radius 1 is 1.16 bits per heavy atom. The Labute approximate surface area is 180 Å². The lowest BCUT2D eigenvalue weighted by molar-refractivity contribution is -0.148. The molecule has 2 heterocycles. The van der Waals surface area contributed by atoms with E-state index >= 15 is 0 Å². The number of nitrogens with zero attached hydrogens (tertiary/aromatic N) is 1. The van der Waals surface area contributed by atoms with Gasteiger partial charge in [0.2, 0.25) is 0 Å². The fourth-order valence-electron chi connectivity index (χ4n) is 4.22. The molecule has 1 fully saturated rings. The summed E-state index contributed by atoms with van der Waals surface area (Å²) in [5.74, 6) is -0.616. The van der Waals surface area contributed by atoms with Gasteiger partial charge in [0.05, 0.1) is 13.0 Å². The molecular formula is C24H26N2O5. The van der Waals surface area contributed by atoms with Gasteiger partial charge < -0.3 is 19.6 Å². The van der Waals surface area contributed by atoms with Crippen molar-refractivity contribution in [2.75, 3.05) is 20.2 Å². The largest absolute Gasteiger partial charge is 0.489 e. The van der Waals surface area contributed by atoms with Gasteiger partial charge in [-0.15, -0.1) is 0 Å². The number of aliphatic carboxylic acids is 1. The highest BCUT2D eigenvalue weighted by Gasteiger charge is 2.34. The number of hydrogen-bond acceptors (Lipinski definition) is 5. The number of carboxylic acids is 1. The number of carboxylic acid groups (broad SMARTS) is 1. The number of fused-ring (bicyclic) bond motifs is 1. The maximum atomic E-state index is 12.2. The molecule has 31 heavy (non-hydrogen) atoms. The molecule has 4 rings (SSSR count). The minimum Gasteiger partial charge on any atom is -0.489 e. The average molecular weight is 422 g/mol. The van der Waals surface area contributed by atoms with E-state index in [1.807, 2.05) is 53.4 Å². The van der Waals surface area contributed by atoms with Crippen LogP contribution in [-0.4, -0.2) is 47.1 Å². The van der Waals surface area contributed by atoms with E-state index in [1.165, 1.54) is 7.11 Å². The van der Waals surface area contributed by atoms with E-state index in [1.54, 1.807) is 6.20 Å². The van der Waals surface area contributed by atoms with Crippen LogP contribution >= 0.6 is 0 Å². The Bertz CT molecular complexity index is 1050. The van der Waals surface area contributed by atoms with Gasteiger partial charge in [-0.1, -0.05) is 30.3 Å². The summed E-state index contributed by atoms with van der Waals surface area (Å²) in [6, 6.07) is 14.8. The summed E-state index contributed by atoms with van der Waals surface area (Å²) in [6.07, 6.45) is 2.94. The molecule has 3 aromatic rings. The summed E-state index contributed by atoms with van der Waals surface area (Å²) in [6.45, 7) is 1.48. The Kier molecular flexibility index (Phi) is 6.23. The molecule has 1 atom stereocenters. The molecule has 0 radical (unpaired) electrons. The Balaban J connectivity index is 1.55. The zero-order valence-electron chi connectivity index (χ0n) is 17.4. The van der Waals surface area contributed by atoms with E-state index in [-0.39, 0.29) is 11.9 Å². The summed E-state index contributed by atoms with van der Waals surface area (Å²) in [5.41, 5.74) is 2.62. The molecular weight excluding hydrogens is 396 g/mol. The lowest BCUT2D eigenvalue weighted by Gasteiger charge is -2.34. The van der Waals surface area contributed by atoms with Crippen molar-refractivity contribution in [3.05, 3.63) is 65.9 Å². The molecule has 0 amide bonds. The monoisotopic (exact) mass is 422 g/mol. The van der Waals surface area contributed by atoms with Gasteiger partial charge in [-0.3, -0.25) is 14.5 Å². The third kappa shape index (κ3) is 4.56. The Morgan fingerprint density at radius 3 is 2.58 bits per heavy atom. The number of aromatic nitrogens is 1. The number of methoxy groups -OCH3 is 1. The molecule has 162 valence electrons. The lowest BCUT2D eigenvalue weighted by atomic mass is 9.94. The molecule has 7 heteroatoms. The highest BCUT2D eigenvalue weighted by atomic mass is 16.5. The summed E-state index contributed by atoms with van der Waals surface area (Å²) >= 11 is 0.